The molecule has 0 saturated carbocycles. The van der Waals surface area contributed by atoms with Crippen LogP contribution in [0.2, 0.25) is 0 Å². The number of aromatic nitrogens is 1. The van der Waals surface area contributed by atoms with E-state index in [1.807, 2.05) is 30.1 Å². The number of benzene rings is 1. The minimum absolute atomic E-state index is 0. The fourth-order valence-corrected chi connectivity index (χ4v) is 2.22. The molecule has 5 nitrogen and oxygen atoms in total. The van der Waals surface area contributed by atoms with Crippen molar-refractivity contribution in [3.63, 3.8) is 0 Å². The number of guanidine groups is 1. The average Bonchev–Trinajstić information content (AvgIpc) is 2.55. The molecule has 0 fully saturated rings. The largest absolute Gasteiger partial charge is 0.481 e. The van der Waals surface area contributed by atoms with Gasteiger partial charge in [-0.1, -0.05) is 12.1 Å². The van der Waals surface area contributed by atoms with Crippen molar-refractivity contribution < 1.29 is 9.13 Å². The van der Waals surface area contributed by atoms with E-state index in [1.54, 1.807) is 26.4 Å². The highest BCUT2D eigenvalue weighted by molar-refractivity contribution is 14.0. The van der Waals surface area contributed by atoms with Gasteiger partial charge in [0.2, 0.25) is 5.88 Å². The van der Waals surface area contributed by atoms with Gasteiger partial charge in [-0.05, 0) is 29.3 Å². The summed E-state index contributed by atoms with van der Waals surface area (Å²) in [4.78, 5) is 10.3. The molecule has 0 aliphatic carbocycles. The maximum Gasteiger partial charge on any atom is 0.213 e. The van der Waals surface area contributed by atoms with Gasteiger partial charge in [0, 0.05) is 39.4 Å². The van der Waals surface area contributed by atoms with Crippen LogP contribution in [0.4, 0.5) is 4.39 Å². The minimum Gasteiger partial charge on any atom is -0.481 e. The van der Waals surface area contributed by atoms with Crippen molar-refractivity contribution >= 4 is 29.9 Å². The summed E-state index contributed by atoms with van der Waals surface area (Å²) in [5.74, 6) is 1.07. The van der Waals surface area contributed by atoms with Gasteiger partial charge >= 0.3 is 0 Å². The van der Waals surface area contributed by atoms with Crippen LogP contribution in [0, 0.1) is 5.82 Å². The molecule has 0 atom stereocenters. The van der Waals surface area contributed by atoms with Gasteiger partial charge in [0.25, 0.3) is 0 Å². The van der Waals surface area contributed by atoms with Crippen LogP contribution in [0.15, 0.2) is 47.6 Å². The van der Waals surface area contributed by atoms with Crippen molar-refractivity contribution in [2.24, 2.45) is 4.99 Å². The lowest BCUT2D eigenvalue weighted by atomic mass is 10.2. The molecule has 0 spiro atoms. The first kappa shape index (κ1) is 20.1. The molecule has 0 saturated heterocycles. The second-order valence-corrected chi connectivity index (χ2v) is 5.09. The van der Waals surface area contributed by atoms with Crippen LogP contribution < -0.4 is 10.1 Å². The van der Waals surface area contributed by atoms with Gasteiger partial charge < -0.3 is 15.0 Å². The van der Waals surface area contributed by atoms with E-state index in [9.17, 15) is 4.39 Å². The fourth-order valence-electron chi connectivity index (χ4n) is 2.22. The maximum absolute atomic E-state index is 13.3. The lowest BCUT2D eigenvalue weighted by Crippen LogP contribution is -2.38. The van der Waals surface area contributed by atoms with Crippen LogP contribution in [0.5, 0.6) is 5.88 Å². The monoisotopic (exact) mass is 444 g/mol. The lowest BCUT2D eigenvalue weighted by Gasteiger charge is -2.22. The highest BCUT2D eigenvalue weighted by atomic mass is 127. The molecule has 24 heavy (non-hydrogen) atoms. The molecule has 0 radical (unpaired) electrons. The first-order valence-corrected chi connectivity index (χ1v) is 7.27. The maximum atomic E-state index is 13.3. The number of pyridine rings is 1. The molecular formula is C17H22FIN4O. The van der Waals surface area contributed by atoms with Gasteiger partial charge in [0.05, 0.1) is 7.11 Å². The van der Waals surface area contributed by atoms with Crippen molar-refractivity contribution in [3.05, 3.63) is 59.5 Å². The molecule has 2 aromatic rings. The summed E-state index contributed by atoms with van der Waals surface area (Å²) in [5.41, 5.74) is 1.93. The highest BCUT2D eigenvalue weighted by Crippen LogP contribution is 2.09. The fraction of sp³-hybridized carbons (Fsp3) is 0.294. The molecule has 0 aliphatic heterocycles. The Balaban J connectivity index is 0.00000288. The molecule has 130 valence electrons. The Labute approximate surface area is 159 Å². The summed E-state index contributed by atoms with van der Waals surface area (Å²) >= 11 is 0. The van der Waals surface area contributed by atoms with Crippen molar-refractivity contribution in [1.82, 2.24) is 15.2 Å². The number of nitrogens with zero attached hydrogens (tertiary/aromatic N) is 3. The Morgan fingerprint density at radius 1 is 1.29 bits per heavy atom. The van der Waals surface area contributed by atoms with Crippen molar-refractivity contribution in [3.8, 4) is 5.88 Å². The van der Waals surface area contributed by atoms with Crippen LogP contribution in [-0.2, 0) is 13.1 Å². The van der Waals surface area contributed by atoms with Crippen LogP contribution >= 0.6 is 24.0 Å². The number of rotatable bonds is 5. The lowest BCUT2D eigenvalue weighted by molar-refractivity contribution is 0.397. The van der Waals surface area contributed by atoms with E-state index in [1.165, 1.54) is 12.1 Å². The topological polar surface area (TPSA) is 49.8 Å². The Morgan fingerprint density at radius 2 is 2.08 bits per heavy atom. The first-order valence-electron chi connectivity index (χ1n) is 7.27. The first-order chi connectivity index (χ1) is 11.1. The summed E-state index contributed by atoms with van der Waals surface area (Å²) in [6.45, 7) is 1.16. The average molecular weight is 444 g/mol. The van der Waals surface area contributed by atoms with Gasteiger partial charge in [-0.3, -0.25) is 4.99 Å². The quantitative estimate of drug-likeness (QED) is 0.438. The number of ether oxygens (including phenoxy) is 1. The van der Waals surface area contributed by atoms with Gasteiger partial charge in [-0.2, -0.15) is 0 Å². The summed E-state index contributed by atoms with van der Waals surface area (Å²) < 4.78 is 18.4. The van der Waals surface area contributed by atoms with E-state index in [0.717, 1.165) is 17.1 Å². The molecule has 1 aromatic carbocycles. The van der Waals surface area contributed by atoms with E-state index in [2.05, 4.69) is 15.3 Å². The Bertz CT molecular complexity index is 681. The zero-order valence-corrected chi connectivity index (χ0v) is 16.3. The van der Waals surface area contributed by atoms with E-state index < -0.39 is 0 Å². The van der Waals surface area contributed by atoms with Crippen molar-refractivity contribution in [2.45, 2.75) is 13.1 Å². The summed E-state index contributed by atoms with van der Waals surface area (Å²) in [7, 11) is 5.22. The van der Waals surface area contributed by atoms with Crippen LogP contribution in [0.3, 0.4) is 0 Å². The normalized spacial score (nSPS) is 10.8. The van der Waals surface area contributed by atoms with Gasteiger partial charge in [-0.25, -0.2) is 9.37 Å². The molecule has 2 rings (SSSR count). The van der Waals surface area contributed by atoms with Gasteiger partial charge in [0.1, 0.15) is 5.82 Å². The Hall–Kier alpha value is -1.90. The number of halogens is 2. The van der Waals surface area contributed by atoms with Crippen LogP contribution in [0.25, 0.3) is 0 Å². The predicted octanol–water partition coefficient (Wildman–Crippen LogP) is 3.05. The second kappa shape index (κ2) is 10.1. The molecule has 1 N–H and O–H groups in total. The smallest absolute Gasteiger partial charge is 0.213 e. The predicted molar refractivity (Wildman–Crippen MR) is 104 cm³/mol. The van der Waals surface area contributed by atoms with E-state index in [0.29, 0.717) is 19.0 Å². The Kier molecular flexibility index (Phi) is 8.45. The van der Waals surface area contributed by atoms with Gasteiger partial charge in [-0.15, -0.1) is 24.0 Å². The summed E-state index contributed by atoms with van der Waals surface area (Å²) in [6, 6.07) is 10.3. The Morgan fingerprint density at radius 3 is 2.75 bits per heavy atom. The summed E-state index contributed by atoms with van der Waals surface area (Å²) in [6.07, 6.45) is 1.70. The number of methoxy groups -OCH3 is 1. The molecule has 0 amide bonds. The third-order valence-electron chi connectivity index (χ3n) is 3.34. The molecule has 1 heterocycles. The third kappa shape index (κ3) is 5.95. The SMILES string of the molecule is CN=C(NCc1ccnc(OC)c1)N(C)Cc1cccc(F)c1.I. The number of aliphatic imine (C=N–C) groups is 1. The van der Waals surface area contributed by atoms with Crippen molar-refractivity contribution in [1.29, 1.82) is 0 Å². The van der Waals surface area contributed by atoms with E-state index >= 15 is 0 Å². The second-order valence-electron chi connectivity index (χ2n) is 5.09. The number of hydrogen-bond donors (Lipinski definition) is 1. The summed E-state index contributed by atoms with van der Waals surface area (Å²) in [5, 5.41) is 3.27. The minimum atomic E-state index is -0.234. The molecule has 0 aliphatic rings. The highest BCUT2D eigenvalue weighted by Gasteiger charge is 2.07. The van der Waals surface area contributed by atoms with Gasteiger partial charge in [0.15, 0.2) is 5.96 Å². The van der Waals surface area contributed by atoms with Crippen LogP contribution in [0.1, 0.15) is 11.1 Å². The molecule has 0 bridgehead atoms. The van der Waals surface area contributed by atoms with Crippen molar-refractivity contribution in [2.75, 3.05) is 21.2 Å². The molecule has 1 aromatic heterocycles. The zero-order chi connectivity index (χ0) is 16.7. The molecule has 7 heteroatoms. The number of hydrogen-bond acceptors (Lipinski definition) is 3. The van der Waals surface area contributed by atoms with E-state index in [-0.39, 0.29) is 29.8 Å². The van der Waals surface area contributed by atoms with E-state index in [4.69, 9.17) is 4.74 Å². The third-order valence-corrected chi connectivity index (χ3v) is 3.34. The molecule has 0 unspecified atom stereocenters. The molecular weight excluding hydrogens is 422 g/mol. The zero-order valence-electron chi connectivity index (χ0n) is 14.0. The van der Waals surface area contributed by atoms with Crippen LogP contribution in [-0.4, -0.2) is 37.0 Å². The standard InChI is InChI=1S/C17H21FN4O.HI/c1-19-17(21-11-13-7-8-20-16(10-13)23-3)22(2)12-14-5-4-6-15(18)9-14;/h4-10H,11-12H2,1-3H3,(H,19,21);1H. The number of nitrogens with one attached hydrogen (secondary N) is 1.